The summed E-state index contributed by atoms with van der Waals surface area (Å²) in [6.45, 7) is 8.06. The van der Waals surface area contributed by atoms with Crippen molar-refractivity contribution >= 4 is 22.0 Å². The first-order valence-electron chi connectivity index (χ1n) is 9.59. The smallest absolute Gasteiger partial charge is 0.195 e. The van der Waals surface area contributed by atoms with E-state index in [4.69, 9.17) is 12.6 Å². The first kappa shape index (κ1) is 21.8. The van der Waals surface area contributed by atoms with E-state index in [1.165, 1.54) is 35.4 Å². The molecule has 0 fully saturated rings. The summed E-state index contributed by atoms with van der Waals surface area (Å²) >= 11 is 0. The predicted octanol–water partition coefficient (Wildman–Crippen LogP) is 4.66. The second-order valence-electron chi connectivity index (χ2n) is 7.33. The molecule has 1 aliphatic rings. The van der Waals surface area contributed by atoms with Crippen LogP contribution in [0.2, 0.25) is 0 Å². The van der Waals surface area contributed by atoms with Crippen LogP contribution in [0.5, 0.6) is 0 Å². The van der Waals surface area contributed by atoms with Crippen LogP contribution in [0.1, 0.15) is 44.7 Å². The fourth-order valence-corrected chi connectivity index (χ4v) is 3.62. The molecule has 0 atom stereocenters. The van der Waals surface area contributed by atoms with Gasteiger partial charge < -0.3 is 0 Å². The van der Waals surface area contributed by atoms with Crippen LogP contribution < -0.4 is 0 Å². The topological polar surface area (TPSA) is 54.2 Å². The molecule has 2 aromatic rings. The largest absolute Gasteiger partial charge is 0.425 e. The van der Waals surface area contributed by atoms with Gasteiger partial charge in [0.1, 0.15) is 6.54 Å². The van der Waals surface area contributed by atoms with Gasteiger partial charge in [-0.25, -0.2) is 0 Å². The number of unbranched alkanes of at least 4 members (excludes halogenated alkanes) is 1. The number of nitrogens with zero attached hydrogens (tertiary/aromatic N) is 1. The first-order valence-corrected chi connectivity index (χ1v) is 10.6. The third-order valence-electron chi connectivity index (χ3n) is 5.01. The van der Waals surface area contributed by atoms with Gasteiger partial charge in [-0.3, -0.25) is 0 Å². The molecule has 0 bridgehead atoms. The van der Waals surface area contributed by atoms with Gasteiger partial charge in [0.25, 0.3) is 0 Å². The summed E-state index contributed by atoms with van der Waals surface area (Å²) in [6.07, 6.45) is 8.10. The maximum absolute atomic E-state index is 8.44. The molecule has 3 rings (SSSR count). The van der Waals surface area contributed by atoms with Gasteiger partial charge in [-0.2, -0.15) is 4.58 Å². The van der Waals surface area contributed by atoms with E-state index in [0.717, 1.165) is 13.0 Å². The Morgan fingerprint density at radius 3 is 2.21 bits per heavy atom. The first-order chi connectivity index (χ1) is 13.4. The quantitative estimate of drug-likeness (QED) is 0.665. The molecule has 0 radical (unpaired) electrons. The van der Waals surface area contributed by atoms with Gasteiger partial charge in [0, 0.05) is 24.1 Å². The van der Waals surface area contributed by atoms with Crippen molar-refractivity contribution in [2.75, 3.05) is 6.54 Å². The fraction of sp³-hybridized carbons (Fsp3) is 0.348. The minimum Gasteiger partial charge on any atom is -0.195 e. The van der Waals surface area contributed by atoms with Crippen molar-refractivity contribution in [1.82, 2.24) is 0 Å². The Bertz CT molecular complexity index is 952. The molecule has 0 saturated heterocycles. The van der Waals surface area contributed by atoms with Crippen LogP contribution in [0.25, 0.3) is 0 Å². The number of fused-ring (bicyclic) bond motifs is 1. The Kier molecular flexibility index (Phi) is 7.88. The molecular weight excluding hydrogens is 370 g/mol. The van der Waals surface area contributed by atoms with Crippen molar-refractivity contribution in [3.63, 3.8) is 0 Å². The summed E-state index contributed by atoms with van der Waals surface area (Å²) < 4.78 is 27.9. The van der Waals surface area contributed by atoms with Crippen LogP contribution in [0.3, 0.4) is 0 Å². The van der Waals surface area contributed by atoms with Gasteiger partial charge in [0.15, 0.2) is 5.71 Å². The second kappa shape index (κ2) is 10.1. The van der Waals surface area contributed by atoms with Gasteiger partial charge >= 0.3 is 10.6 Å². The van der Waals surface area contributed by atoms with Gasteiger partial charge in [-0.1, -0.05) is 68.0 Å². The summed E-state index contributed by atoms with van der Waals surface area (Å²) in [5.74, 6) is 0. The van der Waals surface area contributed by atoms with E-state index in [1.54, 1.807) is 0 Å². The molecule has 1 aliphatic heterocycles. The van der Waals surface area contributed by atoms with E-state index in [9.17, 15) is 0 Å². The van der Waals surface area contributed by atoms with E-state index < -0.39 is 10.6 Å². The number of benzene rings is 2. The molecule has 2 aromatic carbocycles. The van der Waals surface area contributed by atoms with Crippen LogP contribution in [-0.2, 0) is 22.4 Å². The Morgan fingerprint density at radius 2 is 1.57 bits per heavy atom. The zero-order chi connectivity index (χ0) is 20.6. The van der Waals surface area contributed by atoms with Crippen LogP contribution in [0, 0.1) is 0 Å². The van der Waals surface area contributed by atoms with Crippen molar-refractivity contribution < 1.29 is 17.2 Å². The average molecular weight is 399 g/mol. The van der Waals surface area contributed by atoms with E-state index >= 15 is 0 Å². The highest BCUT2D eigenvalue weighted by Gasteiger charge is 2.43. The summed E-state index contributed by atoms with van der Waals surface area (Å²) in [6, 6.07) is 19.6. The van der Waals surface area contributed by atoms with Crippen LogP contribution >= 0.6 is 0 Å². The highest BCUT2D eigenvalue weighted by atomic mass is 32.2. The van der Waals surface area contributed by atoms with Crippen LogP contribution in [0.4, 0.5) is 5.69 Å². The Morgan fingerprint density at radius 1 is 0.964 bits per heavy atom. The lowest BCUT2D eigenvalue weighted by molar-refractivity contribution is -0.438. The number of para-hydroxylation sites is 1. The lowest BCUT2D eigenvalue weighted by atomic mass is 9.81. The summed E-state index contributed by atoms with van der Waals surface area (Å²) in [4.78, 5) is 0. The van der Waals surface area contributed by atoms with Gasteiger partial charge in [-0.05, 0) is 25.8 Å². The Hall–Kier alpha value is -2.53. The third kappa shape index (κ3) is 5.49. The zero-order valence-corrected chi connectivity index (χ0v) is 17.6. The molecule has 0 N–H and O–H groups in total. The molecule has 0 aromatic heterocycles. The lowest BCUT2D eigenvalue weighted by Crippen LogP contribution is -2.28. The molecule has 0 spiro atoms. The normalized spacial score (nSPS) is 14.5. The number of allylic oxidation sites excluding steroid dienone is 2. The monoisotopic (exact) mass is 398 g/mol. The average Bonchev–Trinajstić information content (AvgIpc) is 2.88. The van der Waals surface area contributed by atoms with Crippen LogP contribution in [0.15, 0.2) is 66.7 Å². The number of hydrogen-bond donors (Lipinski definition) is 0. The predicted molar refractivity (Wildman–Crippen MR) is 113 cm³/mol. The molecule has 1 heterocycles. The van der Waals surface area contributed by atoms with Crippen LogP contribution in [-0.4, -0.2) is 29.5 Å². The molecule has 0 saturated carbocycles. The molecule has 0 amide bonds. The van der Waals surface area contributed by atoms with Crippen molar-refractivity contribution in [1.29, 1.82) is 0 Å². The van der Waals surface area contributed by atoms with Crippen molar-refractivity contribution in [2.24, 2.45) is 0 Å². The molecule has 0 unspecified atom stereocenters. The van der Waals surface area contributed by atoms with Gasteiger partial charge in [0.05, 0.1) is 5.41 Å². The molecular formula is C23H28NO3S+. The third-order valence-corrected chi connectivity index (χ3v) is 5.01. The van der Waals surface area contributed by atoms with Gasteiger partial charge in [-0.15, -0.1) is 12.6 Å². The molecule has 5 heteroatoms. The second-order valence-corrected chi connectivity index (χ2v) is 7.74. The molecule has 4 nitrogen and oxygen atoms in total. The maximum Gasteiger partial charge on any atom is 0.425 e. The van der Waals surface area contributed by atoms with E-state index in [1.807, 2.05) is 0 Å². The van der Waals surface area contributed by atoms with Crippen molar-refractivity contribution in [2.45, 2.75) is 45.4 Å². The van der Waals surface area contributed by atoms with Gasteiger partial charge in [0.2, 0.25) is 5.69 Å². The highest BCUT2D eigenvalue weighted by Crippen LogP contribution is 2.39. The minimum absolute atomic E-state index is 0.0670. The van der Waals surface area contributed by atoms with Crippen molar-refractivity contribution in [3.05, 3.63) is 77.9 Å². The number of hydrogen-bond acceptors (Lipinski definition) is 3. The Labute approximate surface area is 169 Å². The fourth-order valence-electron chi connectivity index (χ4n) is 3.62. The molecule has 28 heavy (non-hydrogen) atoms. The Balaban J connectivity index is 0.000000640. The molecule has 0 aliphatic carbocycles. The van der Waals surface area contributed by atoms with Crippen molar-refractivity contribution in [3.8, 4) is 0 Å². The summed E-state index contributed by atoms with van der Waals surface area (Å²) in [7, 11) is -3.11. The highest BCUT2D eigenvalue weighted by molar-refractivity contribution is 7.59. The van der Waals surface area contributed by atoms with E-state index in [-0.39, 0.29) is 5.41 Å². The molecule has 148 valence electrons. The number of rotatable bonds is 6. The van der Waals surface area contributed by atoms with E-state index in [2.05, 4.69) is 92.1 Å². The lowest BCUT2D eigenvalue weighted by Gasteiger charge is -2.15. The summed E-state index contributed by atoms with van der Waals surface area (Å²) in [5.41, 5.74) is 5.68. The maximum atomic E-state index is 8.44. The SMILES string of the molecule is CCCC[N+]1=C(/C=C/Cc2ccccc2)C(C)(C)c2ccccc21.O=S(=O)=O. The minimum atomic E-state index is -3.11. The summed E-state index contributed by atoms with van der Waals surface area (Å²) in [5, 5.41) is 0. The standard InChI is InChI=1S/C23H28N.O3S/c1-4-5-18-24-21-16-10-9-15-20(21)23(2,3)22(24)17-11-14-19-12-7-6-8-13-19;1-4(2)3/h6-13,15-17H,4-5,14,18H2,1-3H3;/q+1;/b17-11+;. The zero-order valence-electron chi connectivity index (χ0n) is 16.8. The van der Waals surface area contributed by atoms with E-state index in [0.29, 0.717) is 0 Å².